The Hall–Kier alpha value is -1.92. The summed E-state index contributed by atoms with van der Waals surface area (Å²) in [5.74, 6) is 0. The van der Waals surface area contributed by atoms with Crippen molar-refractivity contribution in [2.75, 3.05) is 26.3 Å². The van der Waals surface area contributed by atoms with Gasteiger partial charge in [0.1, 0.15) is 6.67 Å². The number of nitrogens with zero attached hydrogens (tertiary/aromatic N) is 2. The van der Waals surface area contributed by atoms with Crippen LogP contribution in [0, 0.1) is 11.3 Å². The number of hydrogen-bond acceptors (Lipinski definition) is 2. The van der Waals surface area contributed by atoms with Gasteiger partial charge < -0.3 is 0 Å². The summed E-state index contributed by atoms with van der Waals surface area (Å²) in [5.41, 5.74) is 4.26. The molecule has 128 valence electrons. The van der Waals surface area contributed by atoms with E-state index in [1.54, 1.807) is 6.08 Å². The third-order valence-electron chi connectivity index (χ3n) is 4.60. The Balaban J connectivity index is 1.84. The van der Waals surface area contributed by atoms with E-state index in [1.807, 2.05) is 18.2 Å². The number of aryl methyl sites for hydroxylation is 1. The van der Waals surface area contributed by atoms with E-state index in [1.165, 1.54) is 24.0 Å². The normalized spacial score (nSPS) is 16.4. The highest BCUT2D eigenvalue weighted by molar-refractivity contribution is 5.33. The molecule has 1 aliphatic heterocycles. The first-order chi connectivity index (χ1) is 11.7. The zero-order valence-electron chi connectivity index (χ0n) is 14.6. The second kappa shape index (κ2) is 10.1. The number of alkyl halides is 1. The molecule has 0 spiro atoms. The summed E-state index contributed by atoms with van der Waals surface area (Å²) in [6, 6.07) is 9.98. The highest BCUT2D eigenvalue weighted by atomic mass is 19.1. The third-order valence-corrected chi connectivity index (χ3v) is 4.60. The molecule has 0 radical (unpaired) electrons. The fourth-order valence-corrected chi connectivity index (χ4v) is 3.18. The van der Waals surface area contributed by atoms with Crippen LogP contribution in [0.5, 0.6) is 0 Å². The van der Waals surface area contributed by atoms with Gasteiger partial charge in [-0.15, -0.1) is 0 Å². The van der Waals surface area contributed by atoms with Crippen molar-refractivity contribution in [2.45, 2.75) is 39.0 Å². The molecule has 24 heavy (non-hydrogen) atoms. The summed E-state index contributed by atoms with van der Waals surface area (Å²) >= 11 is 0. The molecule has 0 N–H and O–H groups in total. The lowest BCUT2D eigenvalue weighted by molar-refractivity contribution is 0.369. The largest absolute Gasteiger partial charge is 0.299 e. The van der Waals surface area contributed by atoms with Crippen molar-refractivity contribution >= 4 is 0 Å². The number of nitriles is 1. The molecule has 1 saturated heterocycles. The molecule has 3 heteroatoms. The highest BCUT2D eigenvalue weighted by Crippen LogP contribution is 2.17. The van der Waals surface area contributed by atoms with Crippen molar-refractivity contribution in [2.24, 2.45) is 0 Å². The molecule has 0 aliphatic carbocycles. The van der Waals surface area contributed by atoms with Crippen LogP contribution in [0.1, 0.15) is 43.7 Å². The second-order valence-electron chi connectivity index (χ2n) is 6.46. The van der Waals surface area contributed by atoms with Crippen molar-refractivity contribution in [3.05, 3.63) is 58.7 Å². The maximum atomic E-state index is 12.8. The predicted octanol–water partition coefficient (Wildman–Crippen LogP) is 4.82. The molecular formula is C21H27FN2. The van der Waals surface area contributed by atoms with Gasteiger partial charge in [-0.05, 0) is 81.5 Å². The van der Waals surface area contributed by atoms with Crippen molar-refractivity contribution < 1.29 is 4.39 Å². The van der Waals surface area contributed by atoms with Crippen LogP contribution >= 0.6 is 0 Å². The zero-order chi connectivity index (χ0) is 17.2. The summed E-state index contributed by atoms with van der Waals surface area (Å²) in [6.45, 7) is 4.83. The lowest BCUT2D eigenvalue weighted by atomic mass is 10.0. The number of rotatable bonds is 8. The minimum absolute atomic E-state index is 0.394. The molecule has 0 bridgehead atoms. The number of benzene rings is 1. The van der Waals surface area contributed by atoms with E-state index in [9.17, 15) is 4.39 Å². The molecule has 1 aromatic rings. The first-order valence-electron chi connectivity index (χ1n) is 8.86. The summed E-state index contributed by atoms with van der Waals surface area (Å²) in [7, 11) is 0. The summed E-state index contributed by atoms with van der Waals surface area (Å²) in [6.07, 6.45) is 9.45. The van der Waals surface area contributed by atoms with Crippen LogP contribution in [0.15, 0.2) is 47.6 Å². The summed E-state index contributed by atoms with van der Waals surface area (Å²) in [4.78, 5) is 2.41. The number of unbranched alkanes of at least 4 members (excludes halogenated alkanes) is 1. The number of halogens is 1. The van der Waals surface area contributed by atoms with E-state index in [0.29, 0.717) is 0 Å². The third kappa shape index (κ3) is 5.94. The van der Waals surface area contributed by atoms with Gasteiger partial charge in [-0.25, -0.2) is 4.39 Å². The van der Waals surface area contributed by atoms with Gasteiger partial charge in [0.05, 0.1) is 11.6 Å². The quantitative estimate of drug-likeness (QED) is 0.506. The smallest absolute Gasteiger partial charge is 0.108 e. The minimum Gasteiger partial charge on any atom is -0.299 e. The Bertz CT molecular complexity index is 619. The molecule has 2 rings (SSSR count). The maximum absolute atomic E-state index is 12.8. The fourth-order valence-electron chi connectivity index (χ4n) is 3.18. The Morgan fingerprint density at radius 2 is 2.08 bits per heavy atom. The average Bonchev–Trinajstić information content (AvgIpc) is 3.11. The van der Waals surface area contributed by atoms with Gasteiger partial charge >= 0.3 is 0 Å². The Labute approximate surface area is 145 Å². The highest BCUT2D eigenvalue weighted by Gasteiger charge is 2.13. The molecule has 2 nitrogen and oxygen atoms in total. The van der Waals surface area contributed by atoms with Crippen molar-refractivity contribution in [1.82, 2.24) is 4.90 Å². The van der Waals surface area contributed by atoms with E-state index >= 15 is 0 Å². The Kier molecular flexibility index (Phi) is 7.71. The van der Waals surface area contributed by atoms with Gasteiger partial charge in [-0.2, -0.15) is 5.26 Å². The Morgan fingerprint density at radius 1 is 1.29 bits per heavy atom. The van der Waals surface area contributed by atoms with Crippen LogP contribution < -0.4 is 0 Å². The molecule has 0 aromatic heterocycles. The lowest BCUT2D eigenvalue weighted by Gasteiger charge is -2.18. The minimum atomic E-state index is -0.394. The van der Waals surface area contributed by atoms with Gasteiger partial charge in [0.2, 0.25) is 0 Å². The molecule has 1 heterocycles. The first kappa shape index (κ1) is 18.4. The van der Waals surface area contributed by atoms with E-state index in [-0.39, 0.29) is 0 Å². The van der Waals surface area contributed by atoms with Crippen LogP contribution in [-0.2, 0) is 6.42 Å². The first-order valence-corrected chi connectivity index (χ1v) is 8.86. The van der Waals surface area contributed by atoms with Crippen LogP contribution in [0.3, 0.4) is 0 Å². The van der Waals surface area contributed by atoms with Gasteiger partial charge in [0, 0.05) is 6.54 Å². The van der Waals surface area contributed by atoms with Gasteiger partial charge in [-0.3, -0.25) is 4.90 Å². The van der Waals surface area contributed by atoms with Crippen LogP contribution in [0.2, 0.25) is 0 Å². The lowest BCUT2D eigenvalue weighted by Crippen LogP contribution is -2.22. The van der Waals surface area contributed by atoms with Crippen molar-refractivity contribution in [1.29, 1.82) is 5.26 Å². The molecule has 1 aliphatic rings. The molecule has 1 fully saturated rings. The van der Waals surface area contributed by atoms with Gasteiger partial charge in [0.25, 0.3) is 0 Å². The van der Waals surface area contributed by atoms with Gasteiger partial charge in [0.15, 0.2) is 0 Å². The predicted molar refractivity (Wildman–Crippen MR) is 97.6 cm³/mol. The van der Waals surface area contributed by atoms with E-state index in [2.05, 4.69) is 30.0 Å². The van der Waals surface area contributed by atoms with E-state index in [4.69, 9.17) is 5.26 Å². The topological polar surface area (TPSA) is 27.0 Å². The van der Waals surface area contributed by atoms with E-state index in [0.717, 1.165) is 50.0 Å². The van der Waals surface area contributed by atoms with Crippen molar-refractivity contribution in [3.8, 4) is 6.07 Å². The molecule has 0 amide bonds. The Morgan fingerprint density at radius 3 is 2.79 bits per heavy atom. The van der Waals surface area contributed by atoms with Crippen LogP contribution in [0.4, 0.5) is 4.39 Å². The molecular weight excluding hydrogens is 299 g/mol. The zero-order valence-corrected chi connectivity index (χ0v) is 14.6. The maximum Gasteiger partial charge on any atom is 0.108 e. The standard InChI is InChI=1S/C21H27FN2/c1-18(21(11-12-22)17-24-13-4-5-14-24)7-2-3-8-19-9-6-10-20(15-19)16-23/h6-7,9-11,15H,2-5,8,12-14,17H2,1H3/b18-7-,21-11-. The monoisotopic (exact) mass is 326 g/mol. The second-order valence-corrected chi connectivity index (χ2v) is 6.46. The molecule has 1 aromatic carbocycles. The van der Waals surface area contributed by atoms with Gasteiger partial charge in [-0.1, -0.05) is 23.8 Å². The van der Waals surface area contributed by atoms with Crippen LogP contribution in [-0.4, -0.2) is 31.2 Å². The summed E-state index contributed by atoms with van der Waals surface area (Å²) < 4.78 is 12.8. The number of hydrogen-bond donors (Lipinski definition) is 0. The fraction of sp³-hybridized carbons (Fsp3) is 0.476. The molecule has 0 unspecified atom stereocenters. The molecule has 0 saturated carbocycles. The number of allylic oxidation sites excluding steroid dienone is 2. The van der Waals surface area contributed by atoms with E-state index < -0.39 is 6.67 Å². The molecule has 0 atom stereocenters. The summed E-state index contributed by atoms with van der Waals surface area (Å²) in [5, 5.41) is 8.93. The average molecular weight is 326 g/mol. The van der Waals surface area contributed by atoms with Crippen molar-refractivity contribution in [3.63, 3.8) is 0 Å². The number of likely N-dealkylation sites (tertiary alicyclic amines) is 1. The van der Waals surface area contributed by atoms with Crippen LogP contribution in [0.25, 0.3) is 0 Å². The SMILES string of the molecule is CC(=C/CCCc1cccc(C#N)c1)/C(=C\CF)CN1CCCC1.